The molecule has 4 nitrogen and oxygen atoms in total. The first-order valence-electron chi connectivity index (χ1n) is 6.72. The van der Waals surface area contributed by atoms with E-state index < -0.39 is 0 Å². The molecule has 0 fully saturated rings. The van der Waals surface area contributed by atoms with Gasteiger partial charge < -0.3 is 11.1 Å². The molecule has 0 spiro atoms. The third-order valence-corrected chi connectivity index (χ3v) is 3.88. The first-order chi connectivity index (χ1) is 9.61. The van der Waals surface area contributed by atoms with Crippen molar-refractivity contribution in [1.29, 1.82) is 0 Å². The number of nitrogens with zero attached hydrogens (tertiary/aromatic N) is 2. The Hall–Kier alpha value is -1.62. The number of nitrogen functional groups attached to an aromatic ring is 1. The van der Waals surface area contributed by atoms with Gasteiger partial charge in [-0.2, -0.15) is 0 Å². The summed E-state index contributed by atoms with van der Waals surface area (Å²) in [7, 11) is 0. The standard InChI is InChI=1S/C15H19BrN4/c1-3-6-13-19-14(17)10(2)15(20-13)18-9-11-7-4-5-8-12(11)16/h4-5,7-8H,3,6,9H2,1-2H3,(H3,17,18,19,20). The minimum Gasteiger partial charge on any atom is -0.383 e. The molecular formula is C15H19BrN4. The average molecular weight is 335 g/mol. The topological polar surface area (TPSA) is 63.8 Å². The van der Waals surface area contributed by atoms with Crippen molar-refractivity contribution in [3.8, 4) is 0 Å². The smallest absolute Gasteiger partial charge is 0.135 e. The van der Waals surface area contributed by atoms with Crippen LogP contribution in [0.3, 0.4) is 0 Å². The van der Waals surface area contributed by atoms with E-state index >= 15 is 0 Å². The van der Waals surface area contributed by atoms with Crippen molar-refractivity contribution in [3.63, 3.8) is 0 Å². The minimum absolute atomic E-state index is 0.554. The van der Waals surface area contributed by atoms with Gasteiger partial charge in [0.15, 0.2) is 0 Å². The van der Waals surface area contributed by atoms with Gasteiger partial charge in [0.25, 0.3) is 0 Å². The second-order valence-electron chi connectivity index (χ2n) is 4.69. The number of anilines is 2. The lowest BCUT2D eigenvalue weighted by Crippen LogP contribution is -2.09. The van der Waals surface area contributed by atoms with Crippen molar-refractivity contribution >= 4 is 27.6 Å². The molecule has 0 radical (unpaired) electrons. The van der Waals surface area contributed by atoms with Gasteiger partial charge in [-0.1, -0.05) is 41.1 Å². The van der Waals surface area contributed by atoms with Crippen LogP contribution in [0, 0.1) is 6.92 Å². The van der Waals surface area contributed by atoms with E-state index in [-0.39, 0.29) is 0 Å². The number of nitrogens with two attached hydrogens (primary N) is 1. The molecule has 0 aliphatic rings. The van der Waals surface area contributed by atoms with Gasteiger partial charge in [-0.15, -0.1) is 0 Å². The van der Waals surface area contributed by atoms with Gasteiger partial charge in [-0.25, -0.2) is 9.97 Å². The Bertz CT molecular complexity index is 598. The van der Waals surface area contributed by atoms with Gasteiger partial charge in [0.2, 0.25) is 0 Å². The minimum atomic E-state index is 0.554. The van der Waals surface area contributed by atoms with Crippen molar-refractivity contribution in [2.75, 3.05) is 11.1 Å². The van der Waals surface area contributed by atoms with Gasteiger partial charge in [0.1, 0.15) is 17.5 Å². The molecule has 0 aliphatic heterocycles. The summed E-state index contributed by atoms with van der Waals surface area (Å²) in [6.07, 6.45) is 1.85. The second kappa shape index (κ2) is 6.70. The number of nitrogens with one attached hydrogen (secondary N) is 1. The van der Waals surface area contributed by atoms with Crippen molar-refractivity contribution in [2.24, 2.45) is 0 Å². The van der Waals surface area contributed by atoms with Gasteiger partial charge >= 0.3 is 0 Å². The molecule has 0 saturated carbocycles. The summed E-state index contributed by atoms with van der Waals surface area (Å²) in [6.45, 7) is 4.74. The van der Waals surface area contributed by atoms with E-state index in [2.05, 4.69) is 44.2 Å². The molecule has 0 amide bonds. The highest BCUT2D eigenvalue weighted by Crippen LogP contribution is 2.21. The van der Waals surface area contributed by atoms with Crippen LogP contribution in [0.1, 0.15) is 30.3 Å². The van der Waals surface area contributed by atoms with Crippen molar-refractivity contribution < 1.29 is 0 Å². The third kappa shape index (κ3) is 3.48. The third-order valence-electron chi connectivity index (χ3n) is 3.11. The predicted octanol–water partition coefficient (Wildman–Crippen LogP) is 3.69. The molecule has 0 bridgehead atoms. The molecule has 0 unspecified atom stereocenters. The highest BCUT2D eigenvalue weighted by molar-refractivity contribution is 9.10. The number of rotatable bonds is 5. The van der Waals surface area contributed by atoms with E-state index in [1.807, 2.05) is 25.1 Å². The van der Waals surface area contributed by atoms with Gasteiger partial charge in [-0.3, -0.25) is 0 Å². The molecule has 5 heteroatoms. The molecule has 2 rings (SSSR count). The number of hydrogen-bond donors (Lipinski definition) is 2. The molecule has 106 valence electrons. The fourth-order valence-corrected chi connectivity index (χ4v) is 2.34. The van der Waals surface area contributed by atoms with Crippen LogP contribution in [-0.4, -0.2) is 9.97 Å². The number of hydrogen-bond acceptors (Lipinski definition) is 4. The zero-order valence-corrected chi connectivity index (χ0v) is 13.4. The Morgan fingerprint density at radius 2 is 2.00 bits per heavy atom. The lowest BCUT2D eigenvalue weighted by Gasteiger charge is -2.12. The molecule has 0 saturated heterocycles. The highest BCUT2D eigenvalue weighted by atomic mass is 79.9. The average Bonchev–Trinajstić information content (AvgIpc) is 2.43. The molecule has 1 aromatic carbocycles. The Balaban J connectivity index is 2.18. The summed E-state index contributed by atoms with van der Waals surface area (Å²) in [4.78, 5) is 8.86. The molecule has 3 N–H and O–H groups in total. The summed E-state index contributed by atoms with van der Waals surface area (Å²) in [5.41, 5.74) is 8.03. The first-order valence-corrected chi connectivity index (χ1v) is 7.51. The summed E-state index contributed by atoms with van der Waals surface area (Å²) in [5.74, 6) is 2.17. The molecule has 1 aromatic heterocycles. The predicted molar refractivity (Wildman–Crippen MR) is 86.6 cm³/mol. The lowest BCUT2D eigenvalue weighted by atomic mass is 10.2. The maximum absolute atomic E-state index is 5.95. The van der Waals surface area contributed by atoms with Gasteiger partial charge in [0, 0.05) is 23.0 Å². The van der Waals surface area contributed by atoms with E-state index in [0.29, 0.717) is 12.4 Å². The van der Waals surface area contributed by atoms with E-state index in [9.17, 15) is 0 Å². The fourth-order valence-electron chi connectivity index (χ4n) is 1.91. The molecule has 2 aromatic rings. The molecule has 0 atom stereocenters. The van der Waals surface area contributed by atoms with Crippen LogP contribution in [0.2, 0.25) is 0 Å². The molecule has 0 aliphatic carbocycles. The number of aromatic nitrogens is 2. The van der Waals surface area contributed by atoms with E-state index in [0.717, 1.165) is 34.5 Å². The first kappa shape index (κ1) is 14.8. The maximum Gasteiger partial charge on any atom is 0.135 e. The summed E-state index contributed by atoms with van der Waals surface area (Å²) in [5, 5.41) is 3.35. The SMILES string of the molecule is CCCc1nc(N)c(C)c(NCc2ccccc2Br)n1. The summed E-state index contributed by atoms with van der Waals surface area (Å²) in [6, 6.07) is 8.12. The zero-order chi connectivity index (χ0) is 14.5. The van der Waals surface area contributed by atoms with Crippen molar-refractivity contribution in [3.05, 3.63) is 45.7 Å². The van der Waals surface area contributed by atoms with Gasteiger partial charge in [0.05, 0.1) is 0 Å². The Kier molecular flexibility index (Phi) is 4.95. The van der Waals surface area contributed by atoms with Gasteiger partial charge in [-0.05, 0) is 25.0 Å². The lowest BCUT2D eigenvalue weighted by molar-refractivity contribution is 0.833. The van der Waals surface area contributed by atoms with Crippen LogP contribution in [0.5, 0.6) is 0 Å². The molecular weight excluding hydrogens is 316 g/mol. The number of halogens is 1. The Morgan fingerprint density at radius 1 is 1.25 bits per heavy atom. The highest BCUT2D eigenvalue weighted by Gasteiger charge is 2.08. The number of benzene rings is 1. The Labute approximate surface area is 128 Å². The van der Waals surface area contributed by atoms with Crippen LogP contribution in [0.4, 0.5) is 11.6 Å². The maximum atomic E-state index is 5.95. The van der Waals surface area contributed by atoms with Crippen LogP contribution in [0.15, 0.2) is 28.7 Å². The monoisotopic (exact) mass is 334 g/mol. The molecule has 20 heavy (non-hydrogen) atoms. The normalized spacial score (nSPS) is 10.6. The number of aryl methyl sites for hydroxylation is 1. The van der Waals surface area contributed by atoms with E-state index in [4.69, 9.17) is 5.73 Å². The zero-order valence-electron chi connectivity index (χ0n) is 11.8. The van der Waals surface area contributed by atoms with Crippen LogP contribution in [-0.2, 0) is 13.0 Å². The fraction of sp³-hybridized carbons (Fsp3) is 0.333. The van der Waals surface area contributed by atoms with E-state index in [1.54, 1.807) is 0 Å². The quantitative estimate of drug-likeness (QED) is 0.875. The van der Waals surface area contributed by atoms with Crippen LogP contribution < -0.4 is 11.1 Å². The van der Waals surface area contributed by atoms with E-state index in [1.165, 1.54) is 5.56 Å². The largest absolute Gasteiger partial charge is 0.383 e. The van der Waals surface area contributed by atoms with Crippen molar-refractivity contribution in [2.45, 2.75) is 33.2 Å². The summed E-state index contributed by atoms with van der Waals surface area (Å²) < 4.78 is 1.08. The van der Waals surface area contributed by atoms with Crippen LogP contribution >= 0.6 is 15.9 Å². The summed E-state index contributed by atoms with van der Waals surface area (Å²) >= 11 is 3.54. The molecule has 1 heterocycles. The van der Waals surface area contributed by atoms with Crippen molar-refractivity contribution in [1.82, 2.24) is 9.97 Å². The van der Waals surface area contributed by atoms with Crippen LogP contribution in [0.25, 0.3) is 0 Å². The Morgan fingerprint density at radius 3 is 2.70 bits per heavy atom. The second-order valence-corrected chi connectivity index (χ2v) is 5.55.